The van der Waals surface area contributed by atoms with Gasteiger partial charge in [-0.15, -0.1) is 0 Å². The molecule has 0 aromatic heterocycles. The van der Waals surface area contributed by atoms with Gasteiger partial charge in [-0.05, 0) is 40.5 Å². The van der Waals surface area contributed by atoms with E-state index in [4.69, 9.17) is 0 Å². The zero-order valence-corrected chi connectivity index (χ0v) is 13.4. The van der Waals surface area contributed by atoms with Gasteiger partial charge in [0.2, 0.25) is 21.8 Å². The third kappa shape index (κ3) is 2.99. The van der Waals surface area contributed by atoms with Gasteiger partial charge in [-0.1, -0.05) is 6.92 Å². The van der Waals surface area contributed by atoms with E-state index in [0.717, 1.165) is 22.5 Å². The summed E-state index contributed by atoms with van der Waals surface area (Å²) in [6.45, 7) is 1.19. The largest absolute Gasteiger partial charge is 0.294 e. The van der Waals surface area contributed by atoms with E-state index in [-0.39, 0.29) is 15.8 Å². The molecule has 1 unspecified atom stereocenters. The van der Waals surface area contributed by atoms with Crippen LogP contribution in [0.1, 0.15) is 13.3 Å². The first-order chi connectivity index (χ1) is 9.77. The molecule has 1 saturated heterocycles. The first-order valence-electron chi connectivity index (χ1n) is 6.08. The molecule has 2 amide bonds. The summed E-state index contributed by atoms with van der Waals surface area (Å²) in [7, 11) is -4.10. The molecule has 1 fully saturated rings. The normalized spacial score (nSPS) is 20.4. The second-order valence-corrected chi connectivity index (χ2v) is 7.17. The van der Waals surface area contributed by atoms with Crippen molar-refractivity contribution in [3.8, 4) is 0 Å². The van der Waals surface area contributed by atoms with E-state index < -0.39 is 40.2 Å². The molecule has 114 valence electrons. The maximum Gasteiger partial charge on any atom is 0.245 e. The third-order valence-corrected chi connectivity index (χ3v) is 5.91. The van der Waals surface area contributed by atoms with Crippen molar-refractivity contribution < 1.29 is 22.4 Å². The number of rotatable bonds is 3. The molecule has 1 atom stereocenters. The topological polar surface area (TPSA) is 83.6 Å². The summed E-state index contributed by atoms with van der Waals surface area (Å²) in [5, 5.41) is 2.10. The Hall–Kier alpha value is -1.32. The fourth-order valence-electron chi connectivity index (χ4n) is 2.10. The zero-order chi connectivity index (χ0) is 15.8. The number of hydrogen-bond acceptors (Lipinski definition) is 4. The number of halogens is 2. The predicted molar refractivity (Wildman–Crippen MR) is 75.2 cm³/mol. The fraction of sp³-hybridized carbons (Fsp3) is 0.333. The lowest BCUT2D eigenvalue weighted by molar-refractivity contribution is -0.137. The number of imide groups is 1. The molecule has 0 saturated carbocycles. The number of amides is 2. The number of carbonyl (C=O) groups excluding carboxylic acids is 2. The van der Waals surface area contributed by atoms with Crippen LogP contribution in [0, 0.1) is 5.82 Å². The van der Waals surface area contributed by atoms with Gasteiger partial charge >= 0.3 is 0 Å². The average molecular weight is 379 g/mol. The highest BCUT2D eigenvalue weighted by Crippen LogP contribution is 2.28. The third-order valence-electron chi connectivity index (χ3n) is 3.08. The minimum Gasteiger partial charge on any atom is -0.294 e. The smallest absolute Gasteiger partial charge is 0.245 e. The SMILES string of the molecule is CCC1C(=O)NC(=O)CN1S(=O)(=O)c1ccc(F)cc1Br. The van der Waals surface area contributed by atoms with Gasteiger partial charge in [0, 0.05) is 4.47 Å². The van der Waals surface area contributed by atoms with Gasteiger partial charge in [0.05, 0.1) is 11.4 Å². The van der Waals surface area contributed by atoms with Crippen LogP contribution >= 0.6 is 15.9 Å². The Bertz CT molecular complexity index is 707. The number of piperazine rings is 1. The summed E-state index contributed by atoms with van der Waals surface area (Å²) >= 11 is 2.99. The molecule has 9 heteroatoms. The molecule has 1 aliphatic rings. The molecule has 1 aromatic rings. The lowest BCUT2D eigenvalue weighted by atomic mass is 10.2. The van der Waals surface area contributed by atoms with Crippen molar-refractivity contribution in [3.05, 3.63) is 28.5 Å². The van der Waals surface area contributed by atoms with Crippen LogP contribution in [0.3, 0.4) is 0 Å². The molecular formula is C12H12BrFN2O4S. The molecule has 21 heavy (non-hydrogen) atoms. The van der Waals surface area contributed by atoms with E-state index in [9.17, 15) is 22.4 Å². The second-order valence-electron chi connectivity index (χ2n) is 4.46. The molecule has 1 aliphatic heterocycles. The lowest BCUT2D eigenvalue weighted by Crippen LogP contribution is -2.59. The van der Waals surface area contributed by atoms with Gasteiger partial charge in [-0.2, -0.15) is 4.31 Å². The quantitative estimate of drug-likeness (QED) is 0.795. The van der Waals surface area contributed by atoms with Gasteiger partial charge in [0.1, 0.15) is 11.9 Å². The molecule has 1 aromatic carbocycles. The number of nitrogens with one attached hydrogen (secondary N) is 1. The van der Waals surface area contributed by atoms with Crippen LogP contribution in [0.4, 0.5) is 4.39 Å². The van der Waals surface area contributed by atoms with Crippen LogP contribution in [-0.2, 0) is 19.6 Å². The Morgan fingerprint density at radius 1 is 1.43 bits per heavy atom. The van der Waals surface area contributed by atoms with E-state index in [1.165, 1.54) is 0 Å². The molecule has 2 rings (SSSR count). The highest BCUT2D eigenvalue weighted by Gasteiger charge is 2.41. The highest BCUT2D eigenvalue weighted by molar-refractivity contribution is 9.10. The molecular weight excluding hydrogens is 367 g/mol. The van der Waals surface area contributed by atoms with E-state index in [1.807, 2.05) is 0 Å². The van der Waals surface area contributed by atoms with Gasteiger partial charge in [-0.3, -0.25) is 14.9 Å². The van der Waals surface area contributed by atoms with Crippen molar-refractivity contribution in [1.82, 2.24) is 9.62 Å². The first-order valence-corrected chi connectivity index (χ1v) is 8.31. The van der Waals surface area contributed by atoms with E-state index in [0.29, 0.717) is 0 Å². The lowest BCUT2D eigenvalue weighted by Gasteiger charge is -2.32. The Kier molecular flexibility index (Phi) is 4.45. The van der Waals surface area contributed by atoms with Gasteiger partial charge in [-0.25, -0.2) is 12.8 Å². The predicted octanol–water partition coefficient (Wildman–Crippen LogP) is 1.01. The number of carbonyl (C=O) groups is 2. The standard InChI is InChI=1S/C12H12BrFN2O4S/c1-2-9-12(18)15-11(17)6-16(9)21(19,20)10-4-3-7(14)5-8(10)13/h3-5,9H,2,6H2,1H3,(H,15,17,18). The molecule has 6 nitrogen and oxygen atoms in total. The summed E-state index contributed by atoms with van der Waals surface area (Å²) in [6.07, 6.45) is 0.219. The summed E-state index contributed by atoms with van der Waals surface area (Å²) in [6, 6.07) is 2.15. The van der Waals surface area contributed by atoms with Crippen LogP contribution in [0.25, 0.3) is 0 Å². The average Bonchev–Trinajstić information content (AvgIpc) is 2.37. The zero-order valence-electron chi connectivity index (χ0n) is 11.0. The van der Waals surface area contributed by atoms with Crippen LogP contribution in [-0.4, -0.2) is 37.1 Å². The number of sulfonamides is 1. The van der Waals surface area contributed by atoms with Crippen molar-refractivity contribution in [3.63, 3.8) is 0 Å². The number of hydrogen-bond donors (Lipinski definition) is 1. The van der Waals surface area contributed by atoms with E-state index in [2.05, 4.69) is 21.2 Å². The maximum absolute atomic E-state index is 13.1. The fourth-order valence-corrected chi connectivity index (χ4v) is 4.72. The molecule has 0 bridgehead atoms. The maximum atomic E-state index is 13.1. The monoisotopic (exact) mass is 378 g/mol. The van der Waals surface area contributed by atoms with E-state index >= 15 is 0 Å². The first kappa shape index (κ1) is 16.1. The van der Waals surface area contributed by atoms with Crippen molar-refractivity contribution in [2.24, 2.45) is 0 Å². The van der Waals surface area contributed by atoms with Crippen LogP contribution < -0.4 is 5.32 Å². The molecule has 0 radical (unpaired) electrons. The Morgan fingerprint density at radius 3 is 2.67 bits per heavy atom. The van der Waals surface area contributed by atoms with Crippen LogP contribution in [0.5, 0.6) is 0 Å². The van der Waals surface area contributed by atoms with Crippen molar-refractivity contribution in [1.29, 1.82) is 0 Å². The van der Waals surface area contributed by atoms with E-state index in [1.54, 1.807) is 6.92 Å². The van der Waals surface area contributed by atoms with Crippen molar-refractivity contribution in [2.75, 3.05) is 6.54 Å². The van der Waals surface area contributed by atoms with Crippen molar-refractivity contribution >= 4 is 37.8 Å². The minimum atomic E-state index is -4.10. The second kappa shape index (κ2) is 5.82. The number of benzene rings is 1. The molecule has 0 spiro atoms. The number of nitrogens with zero attached hydrogens (tertiary/aromatic N) is 1. The molecule has 1 N–H and O–H groups in total. The Morgan fingerprint density at radius 2 is 2.10 bits per heavy atom. The summed E-state index contributed by atoms with van der Waals surface area (Å²) < 4.78 is 39.2. The highest BCUT2D eigenvalue weighted by atomic mass is 79.9. The molecule has 1 heterocycles. The Labute approximate surface area is 129 Å². The summed E-state index contributed by atoms with van der Waals surface area (Å²) in [5.74, 6) is -1.94. The van der Waals surface area contributed by atoms with Crippen LogP contribution in [0.2, 0.25) is 0 Å². The van der Waals surface area contributed by atoms with Gasteiger partial charge in [0.15, 0.2) is 0 Å². The Balaban J connectivity index is 2.50. The minimum absolute atomic E-state index is 0.0378. The van der Waals surface area contributed by atoms with Crippen molar-refractivity contribution in [2.45, 2.75) is 24.3 Å². The van der Waals surface area contributed by atoms with Gasteiger partial charge in [0.25, 0.3) is 0 Å². The molecule has 0 aliphatic carbocycles. The summed E-state index contributed by atoms with van der Waals surface area (Å²) in [5.41, 5.74) is 0. The van der Waals surface area contributed by atoms with Gasteiger partial charge < -0.3 is 0 Å². The van der Waals surface area contributed by atoms with Crippen LogP contribution in [0.15, 0.2) is 27.6 Å². The summed E-state index contributed by atoms with van der Waals surface area (Å²) in [4.78, 5) is 23.0.